The van der Waals surface area contributed by atoms with Gasteiger partial charge >= 0.3 is 11.9 Å². The molecule has 1 unspecified atom stereocenters. The topological polar surface area (TPSA) is 128 Å². The smallest absolute Gasteiger partial charge is 0.337 e. The molecule has 1 saturated heterocycles. The van der Waals surface area contributed by atoms with E-state index in [0.717, 1.165) is 16.9 Å². The standard InChI is InChI=1S/C30H21Cl2N3O7S2/c1-40-28(39)16-4-2-15(3-5-16)24-23(25(36)17-7-9-21-22(12-17)42-11-10-41-21)26(37)27(38)35(24)29-33-34-30(44-29)43-14-18-6-8-19(31)13-20(18)32/h2-9,12-13,24,36H,10-11,14H2,1H3. The second kappa shape index (κ2) is 12.5. The fraction of sp³-hybridized carbons (Fsp3) is 0.167. The number of aliphatic hydroxyl groups is 1. The Labute approximate surface area is 269 Å². The van der Waals surface area contributed by atoms with Gasteiger partial charge in [0.05, 0.1) is 24.3 Å². The quantitative estimate of drug-likeness (QED) is 0.0596. The maximum absolute atomic E-state index is 13.6. The average molecular weight is 671 g/mol. The molecule has 1 N–H and O–H groups in total. The van der Waals surface area contributed by atoms with Gasteiger partial charge in [-0.25, -0.2) is 4.79 Å². The molecule has 10 nitrogen and oxygen atoms in total. The number of amides is 1. The summed E-state index contributed by atoms with van der Waals surface area (Å²) in [6.07, 6.45) is 0. The van der Waals surface area contributed by atoms with Crippen LogP contribution in [0.1, 0.15) is 33.1 Å². The number of aromatic nitrogens is 2. The highest BCUT2D eigenvalue weighted by Crippen LogP contribution is 2.45. The van der Waals surface area contributed by atoms with Crippen LogP contribution in [0.25, 0.3) is 5.76 Å². The molecule has 1 amide bonds. The Hall–Kier alpha value is -4.10. The molecule has 0 radical (unpaired) electrons. The molecule has 4 aromatic rings. The first kappa shape index (κ1) is 29.9. The van der Waals surface area contributed by atoms with Gasteiger partial charge in [-0.3, -0.25) is 14.5 Å². The van der Waals surface area contributed by atoms with Gasteiger partial charge in [0.2, 0.25) is 5.13 Å². The van der Waals surface area contributed by atoms with Crippen molar-refractivity contribution in [3.8, 4) is 11.5 Å². The largest absolute Gasteiger partial charge is 0.507 e. The Morgan fingerprint density at radius 2 is 1.75 bits per heavy atom. The van der Waals surface area contributed by atoms with Crippen LogP contribution in [0.4, 0.5) is 5.13 Å². The Morgan fingerprint density at radius 3 is 2.48 bits per heavy atom. The minimum atomic E-state index is -1.08. The van der Waals surface area contributed by atoms with Gasteiger partial charge in [-0.15, -0.1) is 10.2 Å². The van der Waals surface area contributed by atoms with Crippen LogP contribution in [0.2, 0.25) is 10.0 Å². The van der Waals surface area contributed by atoms with E-state index >= 15 is 0 Å². The number of fused-ring (bicyclic) bond motifs is 1. The lowest BCUT2D eigenvalue weighted by molar-refractivity contribution is -0.132. The molecule has 6 rings (SSSR count). The molecule has 1 fully saturated rings. The van der Waals surface area contributed by atoms with Gasteiger partial charge in [-0.2, -0.15) is 0 Å². The number of nitrogens with zero attached hydrogens (tertiary/aromatic N) is 3. The number of ketones is 1. The van der Waals surface area contributed by atoms with E-state index in [1.54, 1.807) is 42.5 Å². The monoisotopic (exact) mass is 669 g/mol. The first-order valence-corrected chi connectivity index (χ1v) is 15.6. The van der Waals surface area contributed by atoms with Crippen LogP contribution < -0.4 is 14.4 Å². The Balaban J connectivity index is 1.39. The Kier molecular flexibility index (Phi) is 8.50. The molecule has 2 aliphatic rings. The highest BCUT2D eigenvalue weighted by atomic mass is 35.5. The van der Waals surface area contributed by atoms with Gasteiger partial charge in [-0.1, -0.05) is 64.5 Å². The summed E-state index contributed by atoms with van der Waals surface area (Å²) in [5.41, 5.74) is 1.67. The first-order valence-electron chi connectivity index (χ1n) is 13.0. The van der Waals surface area contributed by atoms with Gasteiger partial charge in [-0.05, 0) is 53.6 Å². The summed E-state index contributed by atoms with van der Waals surface area (Å²) >= 11 is 14.8. The van der Waals surface area contributed by atoms with Gasteiger partial charge < -0.3 is 19.3 Å². The molecule has 2 aliphatic heterocycles. The zero-order valence-corrected chi connectivity index (χ0v) is 25.9. The van der Waals surface area contributed by atoms with Crippen molar-refractivity contribution in [2.45, 2.75) is 16.1 Å². The van der Waals surface area contributed by atoms with Crippen LogP contribution in [0.3, 0.4) is 0 Å². The zero-order valence-electron chi connectivity index (χ0n) is 22.8. The summed E-state index contributed by atoms with van der Waals surface area (Å²) in [6, 6.07) is 15.1. The number of hydrogen-bond donors (Lipinski definition) is 1. The van der Waals surface area contributed by atoms with Gasteiger partial charge in [0.1, 0.15) is 19.0 Å². The molecule has 44 heavy (non-hydrogen) atoms. The number of esters is 1. The summed E-state index contributed by atoms with van der Waals surface area (Å²) in [5.74, 6) is -1.38. The number of ether oxygens (including phenoxy) is 3. The number of thioether (sulfide) groups is 1. The van der Waals surface area contributed by atoms with Crippen LogP contribution in [0.5, 0.6) is 11.5 Å². The molecular weight excluding hydrogens is 649 g/mol. The van der Waals surface area contributed by atoms with Crippen LogP contribution in [0, 0.1) is 0 Å². The van der Waals surface area contributed by atoms with Gasteiger partial charge in [0.15, 0.2) is 15.8 Å². The molecule has 0 bridgehead atoms. The summed E-state index contributed by atoms with van der Waals surface area (Å²) < 4.78 is 16.5. The second-order valence-corrected chi connectivity index (χ2v) is 12.5. The van der Waals surface area contributed by atoms with E-state index in [0.29, 0.717) is 50.4 Å². The lowest BCUT2D eigenvalue weighted by Gasteiger charge is -2.23. The number of carbonyl (C=O) groups excluding carboxylic acids is 3. The molecule has 0 aliphatic carbocycles. The van der Waals surface area contributed by atoms with E-state index in [1.165, 1.54) is 35.9 Å². The SMILES string of the molecule is COC(=O)c1ccc(C2C(=C(O)c3ccc4c(c3)OCCO4)C(=O)C(=O)N2c2nnc(SCc3ccc(Cl)cc3Cl)s2)cc1. The molecule has 224 valence electrons. The maximum atomic E-state index is 13.6. The lowest BCUT2D eigenvalue weighted by atomic mass is 9.94. The van der Waals surface area contributed by atoms with E-state index in [2.05, 4.69) is 10.2 Å². The number of carbonyl (C=O) groups is 3. The highest BCUT2D eigenvalue weighted by Gasteiger charge is 2.48. The molecule has 0 saturated carbocycles. The lowest BCUT2D eigenvalue weighted by Crippen LogP contribution is -2.29. The third kappa shape index (κ3) is 5.73. The number of methoxy groups -OCH3 is 1. The van der Waals surface area contributed by atoms with Crippen molar-refractivity contribution in [2.75, 3.05) is 25.2 Å². The summed E-state index contributed by atoms with van der Waals surface area (Å²) in [4.78, 5) is 40.4. The van der Waals surface area contributed by atoms with Crippen LogP contribution in [-0.2, 0) is 20.1 Å². The number of rotatable bonds is 7. The number of aliphatic hydroxyl groups excluding tert-OH is 1. The van der Waals surface area contributed by atoms with Crippen molar-refractivity contribution in [1.29, 1.82) is 0 Å². The Morgan fingerprint density at radius 1 is 1.02 bits per heavy atom. The molecule has 3 heterocycles. The minimum absolute atomic E-state index is 0.153. The molecule has 3 aromatic carbocycles. The predicted molar refractivity (Wildman–Crippen MR) is 166 cm³/mol. The highest BCUT2D eigenvalue weighted by molar-refractivity contribution is 8.00. The van der Waals surface area contributed by atoms with E-state index < -0.39 is 29.5 Å². The van der Waals surface area contributed by atoms with Crippen molar-refractivity contribution < 1.29 is 33.7 Å². The number of anilines is 1. The molecule has 14 heteroatoms. The number of benzene rings is 3. The summed E-state index contributed by atoms with van der Waals surface area (Å²) in [6.45, 7) is 0.718. The fourth-order valence-electron chi connectivity index (χ4n) is 4.75. The Bertz CT molecular complexity index is 1830. The third-order valence-electron chi connectivity index (χ3n) is 6.88. The summed E-state index contributed by atoms with van der Waals surface area (Å²) in [5, 5.41) is 21.1. The number of Topliss-reactive ketones (excluding diaryl/α,β-unsaturated/α-hetero) is 1. The summed E-state index contributed by atoms with van der Waals surface area (Å²) in [7, 11) is 1.27. The van der Waals surface area contributed by atoms with E-state index in [9.17, 15) is 19.5 Å². The molecular formula is C30H21Cl2N3O7S2. The fourth-order valence-corrected chi connectivity index (χ4v) is 7.17. The van der Waals surface area contributed by atoms with Crippen LogP contribution in [0.15, 0.2) is 70.6 Å². The van der Waals surface area contributed by atoms with Crippen molar-refractivity contribution in [1.82, 2.24) is 10.2 Å². The van der Waals surface area contributed by atoms with Crippen molar-refractivity contribution in [3.05, 3.63) is 98.5 Å². The predicted octanol–water partition coefficient (Wildman–Crippen LogP) is 6.32. The van der Waals surface area contributed by atoms with Crippen molar-refractivity contribution >= 4 is 74.9 Å². The number of hydrogen-bond acceptors (Lipinski definition) is 11. The third-order valence-corrected chi connectivity index (χ3v) is 9.57. The minimum Gasteiger partial charge on any atom is -0.507 e. The molecule has 1 atom stereocenters. The molecule has 1 aromatic heterocycles. The van der Waals surface area contributed by atoms with Crippen LogP contribution >= 0.6 is 46.3 Å². The number of halogens is 2. The van der Waals surface area contributed by atoms with Gasteiger partial charge in [0.25, 0.3) is 5.78 Å². The first-order chi connectivity index (χ1) is 21.2. The van der Waals surface area contributed by atoms with E-state index in [-0.39, 0.29) is 21.8 Å². The van der Waals surface area contributed by atoms with Crippen LogP contribution in [-0.4, -0.2) is 53.3 Å². The molecule has 0 spiro atoms. The second-order valence-electron chi connectivity index (χ2n) is 9.52. The zero-order chi connectivity index (χ0) is 31.0. The average Bonchev–Trinajstić information content (AvgIpc) is 3.61. The van der Waals surface area contributed by atoms with E-state index in [1.807, 2.05) is 6.07 Å². The van der Waals surface area contributed by atoms with E-state index in [4.69, 9.17) is 37.4 Å². The maximum Gasteiger partial charge on any atom is 0.337 e. The van der Waals surface area contributed by atoms with Crippen molar-refractivity contribution in [2.24, 2.45) is 0 Å². The van der Waals surface area contributed by atoms with Crippen molar-refractivity contribution in [3.63, 3.8) is 0 Å². The normalized spacial score (nSPS) is 17.2. The van der Waals surface area contributed by atoms with Gasteiger partial charge in [0, 0.05) is 21.4 Å².